The Morgan fingerprint density at radius 2 is 1.96 bits per heavy atom. The molecule has 150 valence electrons. The number of rotatable bonds is 6. The first-order valence-electron chi connectivity index (χ1n) is 9.91. The third-order valence-corrected chi connectivity index (χ3v) is 5.58. The molecule has 2 fully saturated rings. The van der Waals surface area contributed by atoms with E-state index in [4.69, 9.17) is 4.74 Å². The van der Waals surface area contributed by atoms with Gasteiger partial charge >= 0.3 is 0 Å². The van der Waals surface area contributed by atoms with Crippen LogP contribution in [0.25, 0.3) is 0 Å². The molecule has 1 aromatic heterocycles. The fourth-order valence-corrected chi connectivity index (χ4v) is 3.94. The van der Waals surface area contributed by atoms with Gasteiger partial charge in [0.25, 0.3) is 0 Å². The van der Waals surface area contributed by atoms with E-state index in [0.29, 0.717) is 52.4 Å². The molecule has 0 unspecified atom stereocenters. The number of carbonyl (C=O) groups excluding carboxylic acids is 2. The van der Waals surface area contributed by atoms with Crippen LogP contribution in [0, 0.1) is 25.7 Å². The lowest BCUT2D eigenvalue weighted by Gasteiger charge is -2.34. The van der Waals surface area contributed by atoms with Crippen molar-refractivity contribution in [1.82, 2.24) is 25.7 Å². The summed E-state index contributed by atoms with van der Waals surface area (Å²) in [5.41, 5.74) is 3.36. The summed E-state index contributed by atoms with van der Waals surface area (Å²) < 4.78 is 5.31. The quantitative estimate of drug-likeness (QED) is 0.614. The number of aryl methyl sites for hydroxylation is 2. The van der Waals surface area contributed by atoms with Gasteiger partial charge in [-0.2, -0.15) is 5.10 Å². The number of nitrogens with one attached hydrogen (secondary N) is 3. The number of morpholine rings is 1. The highest BCUT2D eigenvalue weighted by molar-refractivity contribution is 5.83. The molecule has 0 radical (unpaired) electrons. The number of hydrogen-bond donors (Lipinski definition) is 3. The molecule has 0 saturated carbocycles. The second-order valence-electron chi connectivity index (χ2n) is 7.53. The van der Waals surface area contributed by atoms with E-state index < -0.39 is 0 Å². The molecule has 0 aromatic carbocycles. The predicted octanol–water partition coefficient (Wildman–Crippen LogP) is 0.160. The first-order valence-corrected chi connectivity index (χ1v) is 9.91. The van der Waals surface area contributed by atoms with Crippen molar-refractivity contribution in [3.05, 3.63) is 17.0 Å². The van der Waals surface area contributed by atoms with Crippen LogP contribution in [0.3, 0.4) is 0 Å². The number of carbonyl (C=O) groups is 2. The van der Waals surface area contributed by atoms with Gasteiger partial charge in [0.05, 0.1) is 30.7 Å². The second kappa shape index (κ2) is 9.32. The molecule has 3 heterocycles. The van der Waals surface area contributed by atoms with Gasteiger partial charge in [-0.1, -0.05) is 0 Å². The van der Waals surface area contributed by atoms with Gasteiger partial charge in [-0.25, -0.2) is 0 Å². The summed E-state index contributed by atoms with van der Waals surface area (Å²) in [6.45, 7) is 8.46. The van der Waals surface area contributed by atoms with E-state index in [-0.39, 0.29) is 23.7 Å². The van der Waals surface area contributed by atoms with Gasteiger partial charge in [-0.3, -0.25) is 14.7 Å². The minimum absolute atomic E-state index is 0.0441. The number of amides is 2. The van der Waals surface area contributed by atoms with Crippen LogP contribution in [0.5, 0.6) is 0 Å². The first-order chi connectivity index (χ1) is 13.1. The van der Waals surface area contributed by atoms with Crippen molar-refractivity contribution >= 4 is 11.8 Å². The summed E-state index contributed by atoms with van der Waals surface area (Å²) in [7, 11) is 0. The Kier molecular flexibility index (Phi) is 6.84. The molecule has 0 spiro atoms. The van der Waals surface area contributed by atoms with Gasteiger partial charge in [0.1, 0.15) is 0 Å². The van der Waals surface area contributed by atoms with Crippen molar-refractivity contribution in [2.45, 2.75) is 33.1 Å². The predicted molar refractivity (Wildman–Crippen MR) is 101 cm³/mol. The maximum absolute atomic E-state index is 12.7. The van der Waals surface area contributed by atoms with Gasteiger partial charge in [0, 0.05) is 38.4 Å². The average Bonchev–Trinajstić information content (AvgIpc) is 3.03. The molecule has 27 heavy (non-hydrogen) atoms. The Bertz CT molecular complexity index is 634. The number of ether oxygens (including phenoxy) is 1. The van der Waals surface area contributed by atoms with E-state index in [1.54, 1.807) is 0 Å². The standard InChI is InChI=1S/C19H31N5O3/c1-13-17(14(2)23-22-13)4-3-5-21-18(25)15-10-16(12-20-11-15)19(26)24-6-8-27-9-7-24/h15-16,20H,3-12H2,1-2H3,(H,21,25)(H,22,23)/t15-,16+/m0/s1. The van der Waals surface area contributed by atoms with Crippen molar-refractivity contribution in [3.63, 3.8) is 0 Å². The van der Waals surface area contributed by atoms with Gasteiger partial charge < -0.3 is 20.3 Å². The van der Waals surface area contributed by atoms with Crippen molar-refractivity contribution in [2.24, 2.45) is 11.8 Å². The number of H-pyrrole nitrogens is 1. The Labute approximate surface area is 160 Å². The molecule has 1 aromatic rings. The minimum Gasteiger partial charge on any atom is -0.378 e. The van der Waals surface area contributed by atoms with Crippen molar-refractivity contribution in [2.75, 3.05) is 45.9 Å². The van der Waals surface area contributed by atoms with Crippen LogP contribution in [0.1, 0.15) is 29.8 Å². The topological polar surface area (TPSA) is 99.3 Å². The molecule has 2 atom stereocenters. The second-order valence-corrected chi connectivity index (χ2v) is 7.53. The third-order valence-electron chi connectivity index (χ3n) is 5.58. The van der Waals surface area contributed by atoms with Crippen molar-refractivity contribution in [1.29, 1.82) is 0 Å². The van der Waals surface area contributed by atoms with E-state index in [2.05, 4.69) is 20.8 Å². The number of nitrogens with zero attached hydrogens (tertiary/aromatic N) is 2. The Balaban J connectivity index is 1.42. The smallest absolute Gasteiger partial charge is 0.227 e. The summed E-state index contributed by atoms with van der Waals surface area (Å²) >= 11 is 0. The normalized spacial score (nSPS) is 23.3. The van der Waals surface area contributed by atoms with Crippen LogP contribution >= 0.6 is 0 Å². The summed E-state index contributed by atoms with van der Waals surface area (Å²) in [6, 6.07) is 0. The molecule has 8 heteroatoms. The number of piperidine rings is 1. The average molecular weight is 377 g/mol. The molecule has 0 aliphatic carbocycles. The third kappa shape index (κ3) is 5.07. The zero-order valence-corrected chi connectivity index (χ0v) is 16.3. The van der Waals surface area contributed by atoms with E-state index >= 15 is 0 Å². The highest BCUT2D eigenvalue weighted by Crippen LogP contribution is 2.20. The molecule has 3 rings (SSSR count). The zero-order valence-electron chi connectivity index (χ0n) is 16.3. The monoisotopic (exact) mass is 377 g/mol. The van der Waals surface area contributed by atoms with Crippen LogP contribution in [0.2, 0.25) is 0 Å². The van der Waals surface area contributed by atoms with Crippen LogP contribution in [-0.4, -0.2) is 72.8 Å². The van der Waals surface area contributed by atoms with Crippen LogP contribution in [-0.2, 0) is 20.7 Å². The summed E-state index contributed by atoms with van der Waals surface area (Å²) in [4.78, 5) is 27.1. The van der Waals surface area contributed by atoms with Gasteiger partial charge in [0.2, 0.25) is 11.8 Å². The summed E-state index contributed by atoms with van der Waals surface area (Å²) in [5, 5.41) is 13.5. The molecule has 2 aliphatic heterocycles. The van der Waals surface area contributed by atoms with Gasteiger partial charge in [-0.05, 0) is 38.7 Å². The summed E-state index contributed by atoms with van der Waals surface area (Å²) in [6.07, 6.45) is 2.40. The number of aromatic nitrogens is 2. The van der Waals surface area contributed by atoms with Crippen LogP contribution < -0.4 is 10.6 Å². The van der Waals surface area contributed by atoms with Gasteiger partial charge in [0.15, 0.2) is 0 Å². The number of hydrogen-bond acceptors (Lipinski definition) is 5. The maximum Gasteiger partial charge on any atom is 0.227 e. The lowest BCUT2D eigenvalue weighted by Crippen LogP contribution is -2.51. The summed E-state index contributed by atoms with van der Waals surface area (Å²) in [5.74, 6) is -0.0770. The molecule has 2 amide bonds. The highest BCUT2D eigenvalue weighted by atomic mass is 16.5. The van der Waals surface area contributed by atoms with Gasteiger partial charge in [-0.15, -0.1) is 0 Å². The van der Waals surface area contributed by atoms with E-state index in [1.807, 2.05) is 18.7 Å². The zero-order chi connectivity index (χ0) is 19.2. The highest BCUT2D eigenvalue weighted by Gasteiger charge is 2.33. The molecule has 2 saturated heterocycles. The fraction of sp³-hybridized carbons (Fsp3) is 0.737. The molecular weight excluding hydrogens is 346 g/mol. The van der Waals surface area contributed by atoms with Crippen LogP contribution in [0.15, 0.2) is 0 Å². The lowest BCUT2D eigenvalue weighted by molar-refractivity contribution is -0.141. The SMILES string of the molecule is Cc1n[nH]c(C)c1CCCNC(=O)[C@@H]1CNC[C@H](C(=O)N2CCOCC2)C1. The molecule has 3 N–H and O–H groups in total. The Morgan fingerprint density at radius 3 is 2.67 bits per heavy atom. The Morgan fingerprint density at radius 1 is 1.22 bits per heavy atom. The van der Waals surface area contributed by atoms with E-state index in [0.717, 1.165) is 24.2 Å². The fourth-order valence-electron chi connectivity index (χ4n) is 3.94. The van der Waals surface area contributed by atoms with E-state index in [9.17, 15) is 9.59 Å². The largest absolute Gasteiger partial charge is 0.378 e. The molecule has 8 nitrogen and oxygen atoms in total. The number of aromatic amines is 1. The maximum atomic E-state index is 12.7. The first kappa shape index (κ1) is 19.8. The van der Waals surface area contributed by atoms with Crippen molar-refractivity contribution < 1.29 is 14.3 Å². The lowest BCUT2D eigenvalue weighted by atomic mass is 9.88. The minimum atomic E-state index is -0.147. The molecule has 0 bridgehead atoms. The van der Waals surface area contributed by atoms with Crippen molar-refractivity contribution in [3.8, 4) is 0 Å². The molecule has 2 aliphatic rings. The Hall–Kier alpha value is -1.93. The molecular formula is C19H31N5O3. The van der Waals surface area contributed by atoms with E-state index in [1.165, 1.54) is 5.56 Å². The van der Waals surface area contributed by atoms with Crippen LogP contribution in [0.4, 0.5) is 0 Å².